The Bertz CT molecular complexity index is 333. The molecule has 0 aromatic heterocycles. The Hall–Kier alpha value is -1.58. The van der Waals surface area contributed by atoms with E-state index in [0.29, 0.717) is 11.8 Å². The first-order valence-electron chi connectivity index (χ1n) is 3.43. The predicted octanol–water partition coefficient (Wildman–Crippen LogP) is -0.544. The second-order valence-electron chi connectivity index (χ2n) is 2.56. The summed E-state index contributed by atoms with van der Waals surface area (Å²) in [5, 5.41) is 8.61. The molecule has 0 aliphatic heterocycles. The predicted molar refractivity (Wildman–Crippen MR) is 47.0 cm³/mol. The van der Waals surface area contributed by atoms with Crippen molar-refractivity contribution in [3.8, 4) is 0 Å². The smallest absolute Gasteiger partial charge is 0.335 e. The van der Waals surface area contributed by atoms with Gasteiger partial charge in [0.2, 0.25) is 0 Å². The molecule has 4 heteroatoms. The number of hydrogen-bond donors (Lipinski definition) is 1. The van der Waals surface area contributed by atoms with Crippen LogP contribution in [0.4, 0.5) is 0 Å². The Labute approximate surface area is 70.4 Å². The lowest BCUT2D eigenvalue weighted by Gasteiger charge is -1.98. The summed E-state index contributed by atoms with van der Waals surface area (Å²) in [6.45, 7) is 0. The number of aromatic carboxylic acids is 1. The lowest BCUT2D eigenvalue weighted by atomic mass is 9.92. The van der Waals surface area contributed by atoms with Crippen molar-refractivity contribution in [1.82, 2.24) is 0 Å². The van der Waals surface area contributed by atoms with Crippen LogP contribution in [0.1, 0.15) is 20.7 Å². The Morgan fingerprint density at radius 1 is 1.42 bits per heavy atom. The zero-order valence-corrected chi connectivity index (χ0v) is 6.57. The SMILES string of the molecule is Bc1cc(C=O)cc(C(=O)O)c1. The monoisotopic (exact) mass is 162 g/mol. The number of carboxylic acid groups (broad SMARTS) is 1. The van der Waals surface area contributed by atoms with E-state index >= 15 is 0 Å². The molecule has 0 spiro atoms. The highest BCUT2D eigenvalue weighted by Gasteiger charge is 2.03. The molecule has 12 heavy (non-hydrogen) atoms. The van der Waals surface area contributed by atoms with Crippen LogP contribution in [0.3, 0.4) is 0 Å². The second-order valence-corrected chi connectivity index (χ2v) is 2.56. The molecule has 0 atom stereocenters. The minimum Gasteiger partial charge on any atom is -0.478 e. The van der Waals surface area contributed by atoms with E-state index in [9.17, 15) is 9.59 Å². The van der Waals surface area contributed by atoms with Gasteiger partial charge >= 0.3 is 5.97 Å². The number of hydrogen-bond acceptors (Lipinski definition) is 2. The summed E-state index contributed by atoms with van der Waals surface area (Å²) in [5.41, 5.74) is 1.32. The van der Waals surface area contributed by atoms with E-state index < -0.39 is 5.97 Å². The van der Waals surface area contributed by atoms with Crippen LogP contribution in [0.5, 0.6) is 0 Å². The minimum atomic E-state index is -1.01. The Morgan fingerprint density at radius 2 is 2.08 bits per heavy atom. The van der Waals surface area contributed by atoms with Crippen molar-refractivity contribution >= 4 is 25.6 Å². The van der Waals surface area contributed by atoms with Gasteiger partial charge in [-0.15, -0.1) is 0 Å². The third kappa shape index (κ3) is 1.72. The second kappa shape index (κ2) is 3.22. The van der Waals surface area contributed by atoms with Gasteiger partial charge in [0.15, 0.2) is 0 Å². The summed E-state index contributed by atoms with van der Waals surface area (Å²) in [6, 6.07) is 4.51. The van der Waals surface area contributed by atoms with Gasteiger partial charge < -0.3 is 5.11 Å². The average molecular weight is 162 g/mol. The Morgan fingerprint density at radius 3 is 2.58 bits per heavy atom. The first-order chi connectivity index (χ1) is 5.63. The Balaban J connectivity index is 3.23. The third-order valence-corrected chi connectivity index (χ3v) is 1.48. The van der Waals surface area contributed by atoms with Crippen molar-refractivity contribution in [3.63, 3.8) is 0 Å². The molecule has 0 unspecified atom stereocenters. The molecule has 0 amide bonds. The number of aldehydes is 1. The van der Waals surface area contributed by atoms with Gasteiger partial charge in [-0.05, 0) is 6.07 Å². The summed E-state index contributed by atoms with van der Waals surface area (Å²) >= 11 is 0. The molecule has 1 rings (SSSR count). The van der Waals surface area contributed by atoms with Crippen LogP contribution < -0.4 is 5.46 Å². The van der Waals surface area contributed by atoms with E-state index in [0.717, 1.165) is 5.46 Å². The summed E-state index contributed by atoms with van der Waals surface area (Å²) in [7, 11) is 1.75. The van der Waals surface area contributed by atoms with E-state index in [1.54, 1.807) is 13.9 Å². The fourth-order valence-corrected chi connectivity index (χ4v) is 1.00. The molecular weight excluding hydrogens is 155 g/mol. The molecule has 0 fully saturated rings. The summed E-state index contributed by atoms with van der Waals surface area (Å²) < 4.78 is 0. The van der Waals surface area contributed by atoms with Crippen molar-refractivity contribution in [2.45, 2.75) is 0 Å². The van der Waals surface area contributed by atoms with Gasteiger partial charge in [-0.3, -0.25) is 4.79 Å². The minimum absolute atomic E-state index is 0.150. The highest BCUT2D eigenvalue weighted by Crippen LogP contribution is 2.00. The van der Waals surface area contributed by atoms with Crippen molar-refractivity contribution in [3.05, 3.63) is 29.3 Å². The molecule has 3 nitrogen and oxygen atoms in total. The Kier molecular flexibility index (Phi) is 2.28. The summed E-state index contributed by atoms with van der Waals surface area (Å²) in [4.78, 5) is 20.8. The molecule has 0 saturated carbocycles. The molecular formula is C8H7BO3. The summed E-state index contributed by atoms with van der Waals surface area (Å²) in [6.07, 6.45) is 0.638. The van der Waals surface area contributed by atoms with Crippen LogP contribution in [-0.2, 0) is 0 Å². The van der Waals surface area contributed by atoms with Crippen molar-refractivity contribution in [2.75, 3.05) is 0 Å². The van der Waals surface area contributed by atoms with E-state index in [1.807, 2.05) is 0 Å². The van der Waals surface area contributed by atoms with E-state index in [1.165, 1.54) is 12.1 Å². The number of rotatable bonds is 2. The van der Waals surface area contributed by atoms with Gasteiger partial charge in [0.05, 0.1) is 5.56 Å². The van der Waals surface area contributed by atoms with Gasteiger partial charge in [0, 0.05) is 5.56 Å². The molecule has 0 saturated heterocycles. The van der Waals surface area contributed by atoms with E-state index in [2.05, 4.69) is 0 Å². The largest absolute Gasteiger partial charge is 0.478 e. The maximum atomic E-state index is 10.5. The molecule has 0 heterocycles. The third-order valence-electron chi connectivity index (χ3n) is 1.48. The van der Waals surface area contributed by atoms with Gasteiger partial charge in [-0.1, -0.05) is 17.6 Å². The zero-order chi connectivity index (χ0) is 9.14. The normalized spacial score (nSPS) is 9.33. The van der Waals surface area contributed by atoms with Crippen LogP contribution in [0.2, 0.25) is 0 Å². The molecule has 0 aliphatic carbocycles. The van der Waals surface area contributed by atoms with Crippen LogP contribution >= 0.6 is 0 Å². The van der Waals surface area contributed by atoms with Crippen LogP contribution in [0.15, 0.2) is 18.2 Å². The average Bonchev–Trinajstić information content (AvgIpc) is 2.03. The quantitative estimate of drug-likeness (QED) is 0.469. The van der Waals surface area contributed by atoms with Gasteiger partial charge in [-0.25, -0.2) is 4.79 Å². The molecule has 1 aromatic rings. The van der Waals surface area contributed by atoms with E-state index in [-0.39, 0.29) is 5.56 Å². The van der Waals surface area contributed by atoms with Crippen LogP contribution in [0.25, 0.3) is 0 Å². The molecule has 0 radical (unpaired) electrons. The van der Waals surface area contributed by atoms with Gasteiger partial charge in [0.25, 0.3) is 0 Å². The van der Waals surface area contributed by atoms with Gasteiger partial charge in [0.1, 0.15) is 14.1 Å². The summed E-state index contributed by atoms with van der Waals surface area (Å²) in [5.74, 6) is -1.01. The molecule has 60 valence electrons. The van der Waals surface area contributed by atoms with Crippen molar-refractivity contribution in [1.29, 1.82) is 0 Å². The fraction of sp³-hybridized carbons (Fsp3) is 0. The first-order valence-corrected chi connectivity index (χ1v) is 3.43. The number of carboxylic acids is 1. The van der Waals surface area contributed by atoms with Gasteiger partial charge in [-0.2, -0.15) is 0 Å². The lowest BCUT2D eigenvalue weighted by molar-refractivity contribution is 0.0697. The number of carbonyl (C=O) groups is 2. The number of carbonyl (C=O) groups excluding carboxylic acids is 1. The topological polar surface area (TPSA) is 54.4 Å². The zero-order valence-electron chi connectivity index (χ0n) is 6.57. The lowest BCUT2D eigenvalue weighted by Crippen LogP contribution is -2.08. The van der Waals surface area contributed by atoms with E-state index in [4.69, 9.17) is 5.11 Å². The molecule has 1 aromatic carbocycles. The maximum Gasteiger partial charge on any atom is 0.335 e. The standard InChI is InChI=1S/C8H7BO3/c9-7-2-5(4-10)1-6(3-7)8(11)12/h1-4H,9H2,(H,11,12). The molecule has 0 aliphatic rings. The van der Waals surface area contributed by atoms with Crippen LogP contribution in [-0.4, -0.2) is 25.2 Å². The first kappa shape index (κ1) is 8.52. The molecule has 0 bridgehead atoms. The molecule has 1 N–H and O–H groups in total. The highest BCUT2D eigenvalue weighted by atomic mass is 16.4. The van der Waals surface area contributed by atoms with Crippen molar-refractivity contribution < 1.29 is 14.7 Å². The number of benzene rings is 1. The highest BCUT2D eigenvalue weighted by molar-refractivity contribution is 6.33. The van der Waals surface area contributed by atoms with Crippen LogP contribution in [0, 0.1) is 0 Å². The fourth-order valence-electron chi connectivity index (χ4n) is 1.00. The maximum absolute atomic E-state index is 10.5. The van der Waals surface area contributed by atoms with Crippen molar-refractivity contribution in [2.24, 2.45) is 0 Å².